The third kappa shape index (κ3) is 5.48. The van der Waals surface area contributed by atoms with Crippen LogP contribution >= 0.6 is 58.0 Å². The molecule has 0 aliphatic rings. The highest BCUT2D eigenvalue weighted by atomic mass is 35.5. The smallest absolute Gasteiger partial charge is 0.291 e. The van der Waals surface area contributed by atoms with Gasteiger partial charge in [-0.05, 0) is 24.6 Å². The number of hydrogen-bond donors (Lipinski definition) is 1. The van der Waals surface area contributed by atoms with E-state index in [2.05, 4.69) is 10.4 Å². The van der Waals surface area contributed by atoms with Gasteiger partial charge in [0.05, 0.1) is 33.5 Å². The number of nitrogens with zero attached hydrogens (tertiary/aromatic N) is 2. The Balaban J connectivity index is 1.38. The standard InChI is InChI=1S/C23H16Cl5N3O3/c1-12-2-4-13(5-3-12)9-31-10-14(8-29-31)30-23(32)16-7-6-15(34-16)11-33-22-20(27)18(25)17(24)19(26)21(22)28/h2-8,10H,9,11H2,1H3,(H,30,32). The monoisotopic (exact) mass is 557 g/mol. The van der Waals surface area contributed by atoms with Crippen LogP contribution in [0.4, 0.5) is 5.69 Å². The molecule has 0 aliphatic carbocycles. The Morgan fingerprint density at radius 3 is 2.29 bits per heavy atom. The molecule has 34 heavy (non-hydrogen) atoms. The first-order valence-electron chi connectivity index (χ1n) is 9.85. The topological polar surface area (TPSA) is 69.3 Å². The van der Waals surface area contributed by atoms with Gasteiger partial charge in [-0.1, -0.05) is 87.8 Å². The van der Waals surface area contributed by atoms with Crippen molar-refractivity contribution in [2.24, 2.45) is 0 Å². The maximum absolute atomic E-state index is 12.6. The van der Waals surface area contributed by atoms with E-state index in [0.29, 0.717) is 18.0 Å². The van der Waals surface area contributed by atoms with Crippen molar-refractivity contribution in [1.82, 2.24) is 9.78 Å². The SMILES string of the molecule is Cc1ccc(Cn2cc(NC(=O)c3ccc(COc4c(Cl)c(Cl)c(Cl)c(Cl)c4Cl)o3)cn2)cc1. The maximum Gasteiger partial charge on any atom is 0.291 e. The van der Waals surface area contributed by atoms with Gasteiger partial charge in [0.15, 0.2) is 11.5 Å². The van der Waals surface area contributed by atoms with E-state index in [1.807, 2.05) is 31.2 Å². The lowest BCUT2D eigenvalue weighted by atomic mass is 10.1. The molecule has 0 atom stereocenters. The van der Waals surface area contributed by atoms with E-state index < -0.39 is 5.91 Å². The summed E-state index contributed by atoms with van der Waals surface area (Å²) in [5.41, 5.74) is 2.83. The third-order valence-corrected chi connectivity index (χ3v) is 7.01. The fourth-order valence-electron chi connectivity index (χ4n) is 3.02. The quantitative estimate of drug-likeness (QED) is 0.184. The highest BCUT2D eigenvalue weighted by Gasteiger charge is 2.21. The Bertz CT molecular complexity index is 1320. The molecule has 4 aromatic rings. The summed E-state index contributed by atoms with van der Waals surface area (Å²) in [4.78, 5) is 12.6. The molecular weight excluding hydrogens is 544 g/mol. The number of anilines is 1. The zero-order valence-corrected chi connectivity index (χ0v) is 21.3. The minimum Gasteiger partial charge on any atom is -0.482 e. The minimum absolute atomic E-state index is 0.0215. The van der Waals surface area contributed by atoms with Crippen molar-refractivity contribution in [3.05, 3.63) is 96.6 Å². The summed E-state index contributed by atoms with van der Waals surface area (Å²) in [7, 11) is 0. The molecule has 2 aromatic carbocycles. The van der Waals surface area contributed by atoms with E-state index in [1.54, 1.807) is 23.1 Å². The van der Waals surface area contributed by atoms with E-state index in [-0.39, 0.29) is 43.2 Å². The van der Waals surface area contributed by atoms with Crippen LogP contribution in [-0.2, 0) is 13.2 Å². The average molecular weight is 560 g/mol. The van der Waals surface area contributed by atoms with Gasteiger partial charge in [0.1, 0.15) is 22.4 Å². The number of halogens is 5. The third-order valence-electron chi connectivity index (χ3n) is 4.77. The summed E-state index contributed by atoms with van der Waals surface area (Å²) >= 11 is 30.4. The van der Waals surface area contributed by atoms with Crippen LogP contribution in [0.3, 0.4) is 0 Å². The number of aryl methyl sites for hydroxylation is 1. The summed E-state index contributed by atoms with van der Waals surface area (Å²) in [5.74, 6) is 0.0738. The van der Waals surface area contributed by atoms with Crippen LogP contribution in [0.1, 0.15) is 27.4 Å². The predicted octanol–water partition coefficient (Wildman–Crippen LogP) is 7.93. The zero-order valence-electron chi connectivity index (χ0n) is 17.5. The van der Waals surface area contributed by atoms with Crippen molar-refractivity contribution in [3.63, 3.8) is 0 Å². The Kier molecular flexibility index (Phi) is 7.65. The van der Waals surface area contributed by atoms with Gasteiger partial charge in [-0.25, -0.2) is 0 Å². The van der Waals surface area contributed by atoms with Crippen LogP contribution in [0.2, 0.25) is 25.1 Å². The molecule has 6 nitrogen and oxygen atoms in total. The van der Waals surface area contributed by atoms with Crippen molar-refractivity contribution < 1.29 is 13.9 Å². The summed E-state index contributed by atoms with van der Waals surface area (Å²) in [5, 5.41) is 7.15. The number of furan rings is 1. The molecule has 0 fully saturated rings. The van der Waals surface area contributed by atoms with Crippen molar-refractivity contribution in [2.75, 3.05) is 5.32 Å². The van der Waals surface area contributed by atoms with Crippen LogP contribution in [0.5, 0.6) is 5.75 Å². The number of ether oxygens (including phenoxy) is 1. The second-order valence-electron chi connectivity index (χ2n) is 7.32. The van der Waals surface area contributed by atoms with Gasteiger partial charge in [0.25, 0.3) is 5.91 Å². The van der Waals surface area contributed by atoms with Gasteiger partial charge in [-0.3, -0.25) is 9.48 Å². The summed E-state index contributed by atoms with van der Waals surface area (Å²) in [6.45, 7) is 2.54. The second-order valence-corrected chi connectivity index (χ2v) is 9.21. The van der Waals surface area contributed by atoms with Crippen molar-refractivity contribution >= 4 is 69.6 Å². The number of rotatable bonds is 7. The second kappa shape index (κ2) is 10.5. The molecule has 0 radical (unpaired) electrons. The van der Waals surface area contributed by atoms with Crippen molar-refractivity contribution in [1.29, 1.82) is 0 Å². The van der Waals surface area contributed by atoms with Gasteiger partial charge in [0.2, 0.25) is 0 Å². The van der Waals surface area contributed by atoms with Crippen LogP contribution < -0.4 is 10.1 Å². The lowest BCUT2D eigenvalue weighted by Crippen LogP contribution is -2.10. The number of carbonyl (C=O) groups is 1. The molecule has 0 spiro atoms. The van der Waals surface area contributed by atoms with Gasteiger partial charge in [-0.2, -0.15) is 5.10 Å². The number of benzene rings is 2. The number of nitrogens with one attached hydrogen (secondary N) is 1. The normalized spacial score (nSPS) is 11.0. The van der Waals surface area contributed by atoms with Crippen LogP contribution in [0, 0.1) is 6.92 Å². The van der Waals surface area contributed by atoms with Gasteiger partial charge >= 0.3 is 0 Å². The Labute approximate surface area is 220 Å². The van der Waals surface area contributed by atoms with E-state index in [1.165, 1.54) is 11.6 Å². The van der Waals surface area contributed by atoms with Gasteiger partial charge in [0, 0.05) is 6.20 Å². The largest absolute Gasteiger partial charge is 0.482 e. The van der Waals surface area contributed by atoms with E-state index in [0.717, 1.165) is 5.56 Å². The number of hydrogen-bond acceptors (Lipinski definition) is 4. The molecule has 0 aliphatic heterocycles. The molecule has 2 aromatic heterocycles. The molecule has 1 amide bonds. The van der Waals surface area contributed by atoms with Crippen LogP contribution in [0.25, 0.3) is 0 Å². The molecule has 0 bridgehead atoms. The molecule has 2 heterocycles. The van der Waals surface area contributed by atoms with Gasteiger partial charge < -0.3 is 14.5 Å². The molecular formula is C23H16Cl5N3O3. The first-order valence-corrected chi connectivity index (χ1v) is 11.7. The highest BCUT2D eigenvalue weighted by molar-refractivity contribution is 6.55. The summed E-state index contributed by atoms with van der Waals surface area (Å²) < 4.78 is 12.9. The van der Waals surface area contributed by atoms with E-state index >= 15 is 0 Å². The van der Waals surface area contributed by atoms with Crippen LogP contribution in [-0.4, -0.2) is 15.7 Å². The molecule has 11 heteroatoms. The molecule has 1 N–H and O–H groups in total. The maximum atomic E-state index is 12.6. The lowest BCUT2D eigenvalue weighted by Gasteiger charge is -2.12. The minimum atomic E-state index is -0.435. The first kappa shape index (κ1) is 24.8. The molecule has 176 valence electrons. The van der Waals surface area contributed by atoms with E-state index in [4.69, 9.17) is 67.2 Å². The Hall–Kier alpha value is -2.35. The molecule has 0 saturated heterocycles. The predicted molar refractivity (Wildman–Crippen MR) is 135 cm³/mol. The Morgan fingerprint density at radius 1 is 0.971 bits per heavy atom. The van der Waals surface area contributed by atoms with Crippen LogP contribution in [0.15, 0.2) is 53.2 Å². The lowest BCUT2D eigenvalue weighted by molar-refractivity contribution is 0.0992. The zero-order chi connectivity index (χ0) is 24.4. The van der Waals surface area contributed by atoms with Crippen molar-refractivity contribution in [2.45, 2.75) is 20.1 Å². The fraction of sp³-hybridized carbons (Fsp3) is 0.130. The fourth-order valence-corrected chi connectivity index (χ4v) is 4.25. The van der Waals surface area contributed by atoms with E-state index in [9.17, 15) is 4.79 Å². The van der Waals surface area contributed by atoms with Crippen molar-refractivity contribution in [3.8, 4) is 5.75 Å². The highest BCUT2D eigenvalue weighted by Crippen LogP contribution is 2.48. The summed E-state index contributed by atoms with van der Waals surface area (Å²) in [6, 6.07) is 11.3. The number of amides is 1. The van der Waals surface area contributed by atoms with Gasteiger partial charge in [-0.15, -0.1) is 0 Å². The molecule has 0 saturated carbocycles. The first-order chi connectivity index (χ1) is 16.2. The summed E-state index contributed by atoms with van der Waals surface area (Å²) in [6.07, 6.45) is 3.31. The average Bonchev–Trinajstić information content (AvgIpc) is 3.47. The Morgan fingerprint density at radius 2 is 1.62 bits per heavy atom. The molecule has 4 rings (SSSR count). The number of aromatic nitrogens is 2. The number of carbonyl (C=O) groups excluding carboxylic acids is 1. The molecule has 0 unspecified atom stereocenters.